The van der Waals surface area contributed by atoms with Crippen LogP contribution in [0.5, 0.6) is 0 Å². The molecule has 51 heavy (non-hydrogen) atoms. The molecule has 3 heterocycles. The highest BCUT2D eigenvalue weighted by Crippen LogP contribution is 2.39. The molecule has 0 N–H and O–H groups in total. The van der Waals surface area contributed by atoms with E-state index < -0.39 is 0 Å². The smallest absolute Gasteiger partial charge is 0.0978 e. The number of benzene rings is 5. The third-order valence-corrected chi connectivity index (χ3v) is 10.4. The largest absolute Gasteiger partial charge is 0.310 e. The van der Waals surface area contributed by atoms with Gasteiger partial charge in [0.15, 0.2) is 0 Å². The lowest BCUT2D eigenvalue weighted by molar-refractivity contribution is 1.02. The molecule has 0 radical (unpaired) electrons. The van der Waals surface area contributed by atoms with E-state index in [0.717, 1.165) is 86.8 Å². The summed E-state index contributed by atoms with van der Waals surface area (Å²) in [5.41, 5.74) is 13.0. The molecular formula is C48H35N3. The lowest BCUT2D eigenvalue weighted by Crippen LogP contribution is -2.30. The Morgan fingerprint density at radius 2 is 1.12 bits per heavy atom. The first-order chi connectivity index (χ1) is 25.3. The van der Waals surface area contributed by atoms with Gasteiger partial charge in [0, 0.05) is 43.5 Å². The number of pyridine rings is 2. The molecule has 5 aromatic carbocycles. The van der Waals surface area contributed by atoms with Gasteiger partial charge in [-0.2, -0.15) is 0 Å². The van der Waals surface area contributed by atoms with Crippen LogP contribution in [0.4, 0.5) is 0 Å². The molecule has 0 bridgehead atoms. The van der Waals surface area contributed by atoms with E-state index in [0.29, 0.717) is 0 Å². The van der Waals surface area contributed by atoms with E-state index in [2.05, 4.69) is 168 Å². The molecule has 3 nitrogen and oxygen atoms in total. The number of nitrogens with zero attached hydrogens (tertiary/aromatic N) is 3. The van der Waals surface area contributed by atoms with Gasteiger partial charge >= 0.3 is 0 Å². The van der Waals surface area contributed by atoms with Gasteiger partial charge in [-0.25, -0.2) is 9.97 Å². The van der Waals surface area contributed by atoms with Crippen molar-refractivity contribution in [1.82, 2.24) is 14.5 Å². The normalized spacial score (nSPS) is 13.9. The Labute approximate surface area is 296 Å². The predicted molar refractivity (Wildman–Crippen MR) is 214 cm³/mol. The Bertz CT molecular complexity index is 2840. The number of allylic oxidation sites excluding steroid dienone is 4. The Kier molecular flexibility index (Phi) is 7.09. The minimum atomic E-state index is 0.917. The maximum absolute atomic E-state index is 5.53. The van der Waals surface area contributed by atoms with Gasteiger partial charge in [0.2, 0.25) is 0 Å². The Morgan fingerprint density at radius 1 is 0.471 bits per heavy atom. The van der Waals surface area contributed by atoms with Crippen LogP contribution in [0.2, 0.25) is 0 Å². The maximum Gasteiger partial charge on any atom is 0.0978 e. The number of aromatic nitrogens is 3. The first-order valence-corrected chi connectivity index (χ1v) is 18.0. The molecule has 2 aliphatic rings. The van der Waals surface area contributed by atoms with Gasteiger partial charge in [0.05, 0.1) is 27.9 Å². The molecule has 8 aromatic rings. The molecule has 0 saturated carbocycles. The minimum absolute atomic E-state index is 0.917. The number of hydrogen-bond donors (Lipinski definition) is 0. The van der Waals surface area contributed by atoms with E-state index in [1.165, 1.54) is 32.6 Å². The number of rotatable bonds is 5. The van der Waals surface area contributed by atoms with Crippen LogP contribution in [-0.2, 0) is 0 Å². The second kappa shape index (κ2) is 12.2. The van der Waals surface area contributed by atoms with E-state index in [-0.39, 0.29) is 0 Å². The lowest BCUT2D eigenvalue weighted by Gasteiger charge is -2.17. The summed E-state index contributed by atoms with van der Waals surface area (Å²) in [7, 11) is 0. The zero-order valence-electron chi connectivity index (χ0n) is 28.3. The van der Waals surface area contributed by atoms with Gasteiger partial charge in [-0.3, -0.25) is 0 Å². The molecule has 10 rings (SSSR count). The van der Waals surface area contributed by atoms with Crippen LogP contribution in [0.1, 0.15) is 31.2 Å². The monoisotopic (exact) mass is 653 g/mol. The first kappa shape index (κ1) is 29.6. The summed E-state index contributed by atoms with van der Waals surface area (Å²) in [5, 5.41) is 6.13. The molecule has 3 heteroatoms. The summed E-state index contributed by atoms with van der Waals surface area (Å²) in [6.45, 7) is 0. The fraction of sp³-hybridized carbons (Fsp3) is 0.0833. The summed E-state index contributed by atoms with van der Waals surface area (Å²) in [5.74, 6) is 0. The lowest BCUT2D eigenvalue weighted by atomic mass is 9.92. The highest BCUT2D eigenvalue weighted by atomic mass is 15.0. The van der Waals surface area contributed by atoms with Crippen LogP contribution in [0.15, 0.2) is 152 Å². The topological polar surface area (TPSA) is 30.7 Å². The summed E-state index contributed by atoms with van der Waals surface area (Å²) in [6, 6.07) is 47.9. The number of para-hydroxylation sites is 1. The van der Waals surface area contributed by atoms with Crippen molar-refractivity contribution in [3.8, 4) is 39.3 Å². The standard InChI is InChI=1S/C48H35N3/c1-4-15-32(16-5-1)41-30-43(34-19-8-3-9-20-34)49-47-39(41)27-28-40-42(33-17-6-2-7-18-33)31-44(50-48(40)47)35-21-14-22-36(29-35)51-45-25-12-10-23-37(45)38-24-11-13-26-46(38)51/h2-4,6-10,12,14-31H,1,5,11,13H2. The van der Waals surface area contributed by atoms with Gasteiger partial charge in [-0.1, -0.05) is 134 Å². The fourth-order valence-electron chi connectivity index (χ4n) is 8.02. The van der Waals surface area contributed by atoms with Crippen LogP contribution in [0.25, 0.3) is 89.8 Å². The molecule has 0 atom stereocenters. The SMILES string of the molecule is C1=CC(c2cc(-c3ccccc3)nc3c2ccc2c(-c4ccccc4)cc(-c4cccc(-n5c6c(c7ccccc75)=CCCC=6)c4)nc23)=CCC1. The van der Waals surface area contributed by atoms with Crippen LogP contribution in [-0.4, -0.2) is 14.5 Å². The summed E-state index contributed by atoms with van der Waals surface area (Å²) in [6.07, 6.45) is 15.9. The van der Waals surface area contributed by atoms with E-state index in [9.17, 15) is 0 Å². The van der Waals surface area contributed by atoms with Crippen molar-refractivity contribution in [2.24, 2.45) is 0 Å². The van der Waals surface area contributed by atoms with Crippen LogP contribution < -0.4 is 10.6 Å². The van der Waals surface area contributed by atoms with Crippen molar-refractivity contribution >= 4 is 50.4 Å². The van der Waals surface area contributed by atoms with Crippen LogP contribution >= 0.6 is 0 Å². The van der Waals surface area contributed by atoms with Crippen LogP contribution in [0.3, 0.4) is 0 Å². The maximum atomic E-state index is 5.53. The van der Waals surface area contributed by atoms with Gasteiger partial charge < -0.3 is 4.57 Å². The zero-order chi connectivity index (χ0) is 33.7. The first-order valence-electron chi connectivity index (χ1n) is 18.0. The summed E-state index contributed by atoms with van der Waals surface area (Å²) < 4.78 is 2.42. The Morgan fingerprint density at radius 3 is 1.90 bits per heavy atom. The third kappa shape index (κ3) is 5.04. The third-order valence-electron chi connectivity index (χ3n) is 10.4. The zero-order valence-corrected chi connectivity index (χ0v) is 28.3. The average Bonchev–Trinajstić information content (AvgIpc) is 3.55. The van der Waals surface area contributed by atoms with E-state index >= 15 is 0 Å². The average molecular weight is 654 g/mol. The molecule has 2 aliphatic carbocycles. The molecule has 0 saturated heterocycles. The fourth-order valence-corrected chi connectivity index (χ4v) is 8.02. The highest BCUT2D eigenvalue weighted by Gasteiger charge is 2.19. The molecule has 242 valence electrons. The molecule has 0 fully saturated rings. The van der Waals surface area contributed by atoms with Gasteiger partial charge in [-0.05, 0) is 78.3 Å². The Balaban J connectivity index is 1.26. The van der Waals surface area contributed by atoms with Crippen molar-refractivity contribution in [3.63, 3.8) is 0 Å². The molecule has 0 aliphatic heterocycles. The van der Waals surface area contributed by atoms with Crippen molar-refractivity contribution in [3.05, 3.63) is 168 Å². The highest BCUT2D eigenvalue weighted by molar-refractivity contribution is 6.12. The number of fused-ring (bicyclic) bond motifs is 6. The van der Waals surface area contributed by atoms with Gasteiger partial charge in [-0.15, -0.1) is 0 Å². The molecule has 3 aromatic heterocycles. The second-order valence-electron chi connectivity index (χ2n) is 13.5. The second-order valence-corrected chi connectivity index (χ2v) is 13.5. The van der Waals surface area contributed by atoms with E-state index in [4.69, 9.17) is 9.97 Å². The van der Waals surface area contributed by atoms with Crippen molar-refractivity contribution < 1.29 is 0 Å². The van der Waals surface area contributed by atoms with Gasteiger partial charge in [0.25, 0.3) is 0 Å². The van der Waals surface area contributed by atoms with Crippen molar-refractivity contribution in [2.75, 3.05) is 0 Å². The molecular weight excluding hydrogens is 619 g/mol. The van der Waals surface area contributed by atoms with E-state index in [1.54, 1.807) is 0 Å². The molecule has 0 spiro atoms. The Hall–Kier alpha value is -6.32. The summed E-state index contributed by atoms with van der Waals surface area (Å²) >= 11 is 0. The van der Waals surface area contributed by atoms with Crippen molar-refractivity contribution in [1.29, 1.82) is 0 Å². The van der Waals surface area contributed by atoms with Gasteiger partial charge in [0.1, 0.15) is 0 Å². The predicted octanol–water partition coefficient (Wildman–Crippen LogP) is 10.8. The quantitative estimate of drug-likeness (QED) is 0.173. The van der Waals surface area contributed by atoms with Crippen LogP contribution in [0, 0.1) is 0 Å². The summed E-state index contributed by atoms with van der Waals surface area (Å²) in [4.78, 5) is 10.9. The van der Waals surface area contributed by atoms with E-state index in [1.807, 2.05) is 0 Å². The number of hydrogen-bond acceptors (Lipinski definition) is 2. The molecule has 0 unspecified atom stereocenters. The molecule has 0 amide bonds. The van der Waals surface area contributed by atoms with Crippen molar-refractivity contribution in [2.45, 2.75) is 25.7 Å². The minimum Gasteiger partial charge on any atom is -0.310 e.